The van der Waals surface area contributed by atoms with Crippen molar-refractivity contribution in [1.82, 2.24) is 10.0 Å². The molecule has 1 heterocycles. The van der Waals surface area contributed by atoms with Crippen LogP contribution in [0.15, 0.2) is 33.6 Å². The van der Waals surface area contributed by atoms with Crippen molar-refractivity contribution in [3.8, 4) is 0 Å². The molecule has 0 aliphatic carbocycles. The van der Waals surface area contributed by atoms with Crippen molar-refractivity contribution in [3.05, 3.63) is 28.7 Å². The smallest absolute Gasteiger partial charge is 0.240 e. The van der Waals surface area contributed by atoms with Crippen LogP contribution in [0, 0.1) is 0 Å². The van der Waals surface area contributed by atoms with E-state index in [4.69, 9.17) is 4.74 Å². The van der Waals surface area contributed by atoms with Crippen molar-refractivity contribution in [1.29, 1.82) is 0 Å². The molecule has 0 spiro atoms. The maximum absolute atomic E-state index is 12.2. The second kappa shape index (κ2) is 5.66. The Labute approximate surface area is 115 Å². The maximum Gasteiger partial charge on any atom is 0.240 e. The number of benzene rings is 1. The molecule has 2 rings (SSSR count). The van der Waals surface area contributed by atoms with E-state index in [0.29, 0.717) is 13.1 Å². The summed E-state index contributed by atoms with van der Waals surface area (Å²) < 4.78 is 33.0. The van der Waals surface area contributed by atoms with Gasteiger partial charge in [-0.3, -0.25) is 0 Å². The normalized spacial score (nSPS) is 24.3. The molecule has 0 saturated carbocycles. The van der Waals surface area contributed by atoms with Gasteiger partial charge in [0, 0.05) is 24.7 Å². The molecule has 7 heteroatoms. The first-order chi connectivity index (χ1) is 8.53. The summed E-state index contributed by atoms with van der Waals surface area (Å²) in [5.41, 5.74) is 0. The summed E-state index contributed by atoms with van der Waals surface area (Å²) in [6, 6.07) is 6.31. The van der Waals surface area contributed by atoms with Crippen LogP contribution >= 0.6 is 15.9 Å². The molecule has 1 aliphatic heterocycles. The number of sulfonamides is 1. The largest absolute Gasteiger partial charge is 0.378 e. The van der Waals surface area contributed by atoms with E-state index in [0.717, 1.165) is 4.47 Å². The van der Waals surface area contributed by atoms with Crippen molar-refractivity contribution in [2.45, 2.75) is 17.0 Å². The van der Waals surface area contributed by atoms with Crippen molar-refractivity contribution in [2.75, 3.05) is 20.2 Å². The van der Waals surface area contributed by atoms with Gasteiger partial charge in [0.25, 0.3) is 0 Å². The van der Waals surface area contributed by atoms with Crippen molar-refractivity contribution < 1.29 is 13.2 Å². The van der Waals surface area contributed by atoms with Crippen LogP contribution in [0.25, 0.3) is 0 Å². The highest BCUT2D eigenvalue weighted by Crippen LogP contribution is 2.16. The zero-order valence-electron chi connectivity index (χ0n) is 9.89. The molecule has 2 N–H and O–H groups in total. The molecule has 1 aromatic carbocycles. The van der Waals surface area contributed by atoms with Crippen LogP contribution < -0.4 is 10.0 Å². The molecule has 0 aromatic heterocycles. The maximum atomic E-state index is 12.2. The number of ether oxygens (including phenoxy) is 1. The van der Waals surface area contributed by atoms with Gasteiger partial charge in [-0.2, -0.15) is 0 Å². The fraction of sp³-hybridized carbons (Fsp3) is 0.455. The lowest BCUT2D eigenvalue weighted by Gasteiger charge is -2.18. The summed E-state index contributed by atoms with van der Waals surface area (Å²) >= 11 is 3.28. The van der Waals surface area contributed by atoms with Crippen LogP contribution in [0.4, 0.5) is 0 Å². The van der Waals surface area contributed by atoms with Gasteiger partial charge in [0.1, 0.15) is 0 Å². The van der Waals surface area contributed by atoms with E-state index in [1.54, 1.807) is 31.4 Å². The number of hydrogen-bond donors (Lipinski definition) is 2. The van der Waals surface area contributed by atoms with Crippen LogP contribution in [-0.4, -0.2) is 40.8 Å². The number of halogens is 1. The summed E-state index contributed by atoms with van der Waals surface area (Å²) in [5.74, 6) is 0. The van der Waals surface area contributed by atoms with Gasteiger partial charge >= 0.3 is 0 Å². The van der Waals surface area contributed by atoms with Crippen LogP contribution in [0.5, 0.6) is 0 Å². The second-order valence-corrected chi connectivity index (χ2v) is 6.74. The molecule has 1 aromatic rings. The van der Waals surface area contributed by atoms with Gasteiger partial charge in [-0.1, -0.05) is 15.9 Å². The predicted octanol–water partition coefficient (Wildman–Crippen LogP) is 0.714. The third-order valence-corrected chi connectivity index (χ3v) is 4.93. The number of nitrogens with one attached hydrogen (secondary N) is 2. The topological polar surface area (TPSA) is 67.4 Å². The highest BCUT2D eigenvalue weighted by Gasteiger charge is 2.31. The molecule has 5 nitrogen and oxygen atoms in total. The number of methoxy groups -OCH3 is 1. The van der Waals surface area contributed by atoms with Crippen LogP contribution in [0.2, 0.25) is 0 Å². The fourth-order valence-corrected chi connectivity index (χ4v) is 3.43. The minimum Gasteiger partial charge on any atom is -0.378 e. The molecule has 0 bridgehead atoms. The van der Waals surface area contributed by atoms with Crippen LogP contribution in [0.1, 0.15) is 0 Å². The third kappa shape index (κ3) is 3.10. The van der Waals surface area contributed by atoms with E-state index >= 15 is 0 Å². The molecular weight excluding hydrogens is 320 g/mol. The monoisotopic (exact) mass is 334 g/mol. The Bertz CT molecular complexity index is 504. The molecule has 1 saturated heterocycles. The zero-order chi connectivity index (χ0) is 13.2. The Morgan fingerprint density at radius 1 is 1.33 bits per heavy atom. The Morgan fingerprint density at radius 2 is 2.00 bits per heavy atom. The molecule has 0 radical (unpaired) electrons. The number of hydrogen-bond acceptors (Lipinski definition) is 4. The summed E-state index contributed by atoms with van der Waals surface area (Å²) in [4.78, 5) is 0.257. The van der Waals surface area contributed by atoms with E-state index < -0.39 is 10.0 Å². The summed E-state index contributed by atoms with van der Waals surface area (Å²) in [6.07, 6.45) is -0.129. The summed E-state index contributed by atoms with van der Waals surface area (Å²) in [5, 5.41) is 3.10. The van der Waals surface area contributed by atoms with Gasteiger partial charge in [0.05, 0.1) is 17.0 Å². The lowest BCUT2D eigenvalue weighted by molar-refractivity contribution is 0.103. The minimum absolute atomic E-state index is 0.129. The van der Waals surface area contributed by atoms with E-state index in [9.17, 15) is 8.42 Å². The average Bonchev–Trinajstić information content (AvgIpc) is 2.76. The fourth-order valence-electron chi connectivity index (χ4n) is 1.90. The van der Waals surface area contributed by atoms with Crippen molar-refractivity contribution in [2.24, 2.45) is 0 Å². The third-order valence-electron chi connectivity index (χ3n) is 2.89. The summed E-state index contributed by atoms with van der Waals surface area (Å²) in [7, 11) is -1.91. The molecular formula is C11H15BrN2O3S. The van der Waals surface area contributed by atoms with E-state index in [1.807, 2.05) is 0 Å². The summed E-state index contributed by atoms with van der Waals surface area (Å²) in [6.45, 7) is 1.23. The lowest BCUT2D eigenvalue weighted by atomic mass is 10.2. The van der Waals surface area contributed by atoms with E-state index in [1.165, 1.54) is 0 Å². The van der Waals surface area contributed by atoms with Crippen LogP contribution in [-0.2, 0) is 14.8 Å². The SMILES string of the molecule is CO[C@@H]1CNCC1NS(=O)(=O)c1ccc(Br)cc1. The first kappa shape index (κ1) is 14.0. The Morgan fingerprint density at radius 3 is 2.61 bits per heavy atom. The molecule has 2 atom stereocenters. The van der Waals surface area contributed by atoms with Gasteiger partial charge in [-0.15, -0.1) is 0 Å². The molecule has 1 unspecified atom stereocenters. The first-order valence-electron chi connectivity index (χ1n) is 5.54. The molecule has 1 aliphatic rings. The molecule has 100 valence electrons. The Hall–Kier alpha value is -0.470. The van der Waals surface area contributed by atoms with Gasteiger partial charge in [-0.05, 0) is 24.3 Å². The standard InChI is InChI=1S/C11H15BrN2O3S/c1-17-11-7-13-6-10(11)14-18(15,16)9-4-2-8(12)3-5-9/h2-5,10-11,13-14H,6-7H2,1H3/t10?,11-/m1/s1. The molecule has 0 amide bonds. The Kier molecular flexibility index (Phi) is 4.39. The van der Waals surface area contributed by atoms with Crippen molar-refractivity contribution >= 4 is 26.0 Å². The van der Waals surface area contributed by atoms with Gasteiger partial charge in [-0.25, -0.2) is 13.1 Å². The lowest BCUT2D eigenvalue weighted by Crippen LogP contribution is -2.43. The quantitative estimate of drug-likeness (QED) is 0.851. The molecule has 18 heavy (non-hydrogen) atoms. The van der Waals surface area contributed by atoms with Crippen molar-refractivity contribution in [3.63, 3.8) is 0 Å². The van der Waals surface area contributed by atoms with Gasteiger partial charge in [0.15, 0.2) is 0 Å². The number of rotatable bonds is 4. The minimum atomic E-state index is -3.49. The second-order valence-electron chi connectivity index (χ2n) is 4.11. The van der Waals surface area contributed by atoms with Gasteiger partial charge < -0.3 is 10.1 Å². The predicted molar refractivity (Wildman–Crippen MR) is 71.9 cm³/mol. The molecule has 1 fully saturated rings. The highest BCUT2D eigenvalue weighted by atomic mass is 79.9. The first-order valence-corrected chi connectivity index (χ1v) is 7.82. The van der Waals surface area contributed by atoms with Gasteiger partial charge in [0.2, 0.25) is 10.0 Å². The Balaban J connectivity index is 2.14. The van der Waals surface area contributed by atoms with E-state index in [2.05, 4.69) is 26.0 Å². The van der Waals surface area contributed by atoms with E-state index in [-0.39, 0.29) is 17.0 Å². The average molecular weight is 335 g/mol. The highest BCUT2D eigenvalue weighted by molar-refractivity contribution is 9.10. The van der Waals surface area contributed by atoms with Crippen LogP contribution in [0.3, 0.4) is 0 Å². The zero-order valence-corrected chi connectivity index (χ0v) is 12.3.